The molecule has 11 heteroatoms. The molecule has 0 atom stereocenters. The second-order valence-electron chi connectivity index (χ2n) is 6.91. The molecule has 0 spiro atoms. The van der Waals surface area contributed by atoms with Gasteiger partial charge in [-0.1, -0.05) is 45.2 Å². The Kier molecular flexibility index (Phi) is 9.97. The molecule has 0 fully saturated rings. The van der Waals surface area contributed by atoms with Crippen LogP contribution in [0.15, 0.2) is 68.6 Å². The van der Waals surface area contributed by atoms with Crippen LogP contribution in [0, 0.1) is 0 Å². The molecular formula is C24H19Br2Cl2N3O4. The molecule has 2 N–H and O–H groups in total. The van der Waals surface area contributed by atoms with Crippen LogP contribution in [0.1, 0.15) is 18.1 Å². The Morgan fingerprint density at radius 2 is 1.69 bits per heavy atom. The average Bonchev–Trinajstić information content (AvgIpc) is 2.81. The minimum Gasteiger partial charge on any atom is -0.490 e. The van der Waals surface area contributed by atoms with Crippen LogP contribution >= 0.6 is 55.1 Å². The smallest absolute Gasteiger partial charge is 0.329 e. The normalized spacial score (nSPS) is 10.8. The van der Waals surface area contributed by atoms with E-state index in [9.17, 15) is 9.59 Å². The molecule has 0 saturated heterocycles. The molecule has 0 saturated carbocycles. The first-order valence-electron chi connectivity index (χ1n) is 10.2. The first kappa shape index (κ1) is 27.0. The summed E-state index contributed by atoms with van der Waals surface area (Å²) in [5, 5.41) is 7.34. The van der Waals surface area contributed by atoms with Gasteiger partial charge in [-0.15, -0.1) is 0 Å². The van der Waals surface area contributed by atoms with Crippen LogP contribution in [0.25, 0.3) is 0 Å². The fourth-order valence-electron chi connectivity index (χ4n) is 2.82. The largest absolute Gasteiger partial charge is 0.490 e. The topological polar surface area (TPSA) is 89.0 Å². The van der Waals surface area contributed by atoms with Crippen molar-refractivity contribution in [2.75, 3.05) is 11.9 Å². The second kappa shape index (κ2) is 12.9. The Labute approximate surface area is 229 Å². The maximum absolute atomic E-state index is 12.0. The zero-order valence-electron chi connectivity index (χ0n) is 18.3. The summed E-state index contributed by atoms with van der Waals surface area (Å²) in [6.07, 6.45) is 1.38. The van der Waals surface area contributed by atoms with E-state index in [0.717, 1.165) is 4.47 Å². The van der Waals surface area contributed by atoms with Gasteiger partial charge < -0.3 is 14.8 Å². The van der Waals surface area contributed by atoms with Crippen LogP contribution in [0.3, 0.4) is 0 Å². The molecule has 0 heterocycles. The van der Waals surface area contributed by atoms with Gasteiger partial charge in [-0.2, -0.15) is 5.10 Å². The van der Waals surface area contributed by atoms with E-state index in [1.165, 1.54) is 6.21 Å². The molecule has 3 aromatic rings. The third-order valence-corrected chi connectivity index (χ3v) is 6.27. The van der Waals surface area contributed by atoms with Crippen molar-refractivity contribution in [1.29, 1.82) is 0 Å². The van der Waals surface area contributed by atoms with E-state index >= 15 is 0 Å². The number of hydrogen-bond donors (Lipinski definition) is 2. The fourth-order valence-corrected chi connectivity index (χ4v) is 4.16. The number of nitrogens with one attached hydrogen (secondary N) is 2. The van der Waals surface area contributed by atoms with Gasteiger partial charge in [0.15, 0.2) is 11.5 Å². The van der Waals surface area contributed by atoms with E-state index in [1.807, 2.05) is 6.92 Å². The van der Waals surface area contributed by atoms with Gasteiger partial charge in [0.25, 0.3) is 0 Å². The van der Waals surface area contributed by atoms with Crippen molar-refractivity contribution in [3.63, 3.8) is 0 Å². The van der Waals surface area contributed by atoms with Crippen molar-refractivity contribution in [1.82, 2.24) is 5.43 Å². The van der Waals surface area contributed by atoms with Crippen molar-refractivity contribution in [2.45, 2.75) is 13.5 Å². The van der Waals surface area contributed by atoms with Gasteiger partial charge in [0.05, 0.1) is 17.3 Å². The lowest BCUT2D eigenvalue weighted by Gasteiger charge is -2.15. The van der Waals surface area contributed by atoms with E-state index in [1.54, 1.807) is 54.6 Å². The van der Waals surface area contributed by atoms with Crippen LogP contribution in [-0.4, -0.2) is 24.6 Å². The highest BCUT2D eigenvalue weighted by Crippen LogP contribution is 2.38. The Bertz CT molecular complexity index is 1230. The number of rotatable bonds is 8. The van der Waals surface area contributed by atoms with E-state index < -0.39 is 11.8 Å². The third-order valence-electron chi connectivity index (χ3n) is 4.44. The van der Waals surface area contributed by atoms with Gasteiger partial charge in [-0.25, -0.2) is 5.43 Å². The lowest BCUT2D eigenvalue weighted by molar-refractivity contribution is -0.136. The predicted molar refractivity (Wildman–Crippen MR) is 145 cm³/mol. The number of hydrazone groups is 1. The number of hydrogen-bond acceptors (Lipinski definition) is 5. The molecule has 0 aliphatic carbocycles. The Morgan fingerprint density at radius 3 is 2.34 bits per heavy atom. The number of ether oxygens (including phenoxy) is 2. The molecule has 0 aliphatic heterocycles. The summed E-state index contributed by atoms with van der Waals surface area (Å²) in [6.45, 7) is 2.37. The van der Waals surface area contributed by atoms with Crippen molar-refractivity contribution in [3.8, 4) is 11.5 Å². The van der Waals surface area contributed by atoms with Gasteiger partial charge in [0.2, 0.25) is 0 Å². The Balaban J connectivity index is 1.67. The standard InChI is InChI=1S/C24H19Br2Cl2N3O4/c1-2-34-21-11-14(10-18(26)22(21)35-13-17-19(27)4-3-5-20(17)28)12-29-31-24(33)23(32)30-16-8-6-15(25)7-9-16/h3-12H,2,13H2,1H3,(H,30,32)(H,31,33)/b29-12+. The molecule has 182 valence electrons. The number of amides is 2. The summed E-state index contributed by atoms with van der Waals surface area (Å²) in [5.41, 5.74) is 3.93. The van der Waals surface area contributed by atoms with Crippen LogP contribution in [-0.2, 0) is 16.2 Å². The summed E-state index contributed by atoms with van der Waals surface area (Å²) >= 11 is 19.2. The number of benzene rings is 3. The van der Waals surface area contributed by atoms with Gasteiger partial charge >= 0.3 is 11.8 Å². The summed E-state index contributed by atoms with van der Waals surface area (Å²) in [5.74, 6) is -0.851. The van der Waals surface area contributed by atoms with Crippen molar-refractivity contribution >= 4 is 78.8 Å². The molecule has 0 aromatic heterocycles. The zero-order valence-corrected chi connectivity index (χ0v) is 23.0. The Hall–Kier alpha value is -2.59. The van der Waals surface area contributed by atoms with E-state index in [-0.39, 0.29) is 6.61 Å². The molecule has 0 bridgehead atoms. The quantitative estimate of drug-likeness (QED) is 0.165. The molecule has 0 radical (unpaired) electrons. The molecule has 2 amide bonds. The SMILES string of the molecule is CCOc1cc(/C=N/NC(=O)C(=O)Nc2ccc(Br)cc2)cc(Br)c1OCc1c(Cl)cccc1Cl. The maximum atomic E-state index is 12.0. The van der Waals surface area contributed by atoms with Gasteiger partial charge in [-0.3, -0.25) is 9.59 Å². The van der Waals surface area contributed by atoms with Crippen molar-refractivity contribution in [3.05, 3.63) is 84.7 Å². The molecular weight excluding hydrogens is 625 g/mol. The number of nitrogens with zero attached hydrogens (tertiary/aromatic N) is 1. The number of carbonyl (C=O) groups excluding carboxylic acids is 2. The lowest BCUT2D eigenvalue weighted by Crippen LogP contribution is -2.32. The summed E-state index contributed by atoms with van der Waals surface area (Å²) in [6, 6.07) is 15.5. The van der Waals surface area contributed by atoms with E-state index in [2.05, 4.69) is 47.7 Å². The van der Waals surface area contributed by atoms with Crippen LogP contribution < -0.4 is 20.2 Å². The predicted octanol–water partition coefficient (Wildman–Crippen LogP) is 6.58. The van der Waals surface area contributed by atoms with Crippen LogP contribution in [0.2, 0.25) is 10.0 Å². The minimum absolute atomic E-state index is 0.133. The first-order valence-corrected chi connectivity index (χ1v) is 12.5. The first-order chi connectivity index (χ1) is 16.8. The number of anilines is 1. The highest BCUT2D eigenvalue weighted by molar-refractivity contribution is 9.10. The van der Waals surface area contributed by atoms with Crippen LogP contribution in [0.4, 0.5) is 5.69 Å². The summed E-state index contributed by atoms with van der Waals surface area (Å²) in [7, 11) is 0. The molecule has 7 nitrogen and oxygen atoms in total. The fraction of sp³-hybridized carbons (Fsp3) is 0.125. The van der Waals surface area contributed by atoms with Crippen LogP contribution in [0.5, 0.6) is 11.5 Å². The molecule has 35 heavy (non-hydrogen) atoms. The van der Waals surface area contributed by atoms with Crippen molar-refractivity contribution < 1.29 is 19.1 Å². The second-order valence-corrected chi connectivity index (χ2v) is 9.50. The zero-order chi connectivity index (χ0) is 25.4. The van der Waals surface area contributed by atoms with E-state index in [4.69, 9.17) is 32.7 Å². The number of halogens is 4. The van der Waals surface area contributed by atoms with Gasteiger partial charge in [0, 0.05) is 25.8 Å². The average molecular weight is 644 g/mol. The maximum Gasteiger partial charge on any atom is 0.329 e. The van der Waals surface area contributed by atoms with E-state index in [0.29, 0.717) is 49.4 Å². The molecule has 0 unspecified atom stereocenters. The third kappa shape index (κ3) is 7.70. The highest BCUT2D eigenvalue weighted by Gasteiger charge is 2.15. The molecule has 0 aliphatic rings. The molecule has 3 rings (SSSR count). The number of carbonyl (C=O) groups is 2. The summed E-state index contributed by atoms with van der Waals surface area (Å²) in [4.78, 5) is 24.1. The van der Waals surface area contributed by atoms with Gasteiger partial charge in [0.1, 0.15) is 6.61 Å². The lowest BCUT2D eigenvalue weighted by atomic mass is 10.2. The van der Waals surface area contributed by atoms with Crippen molar-refractivity contribution in [2.24, 2.45) is 5.10 Å². The monoisotopic (exact) mass is 641 g/mol. The van der Waals surface area contributed by atoms with Gasteiger partial charge in [-0.05, 0) is 76.9 Å². The molecule has 3 aromatic carbocycles. The highest BCUT2D eigenvalue weighted by atomic mass is 79.9. The Morgan fingerprint density at radius 1 is 1.00 bits per heavy atom. The summed E-state index contributed by atoms with van der Waals surface area (Å²) < 4.78 is 13.1. The minimum atomic E-state index is -0.912.